The third kappa shape index (κ3) is 5.32. The number of hydrogen-bond acceptors (Lipinski definition) is 4. The number of carbonyl (C=O) groups is 1. The molecule has 5 nitrogen and oxygen atoms in total. The van der Waals surface area contributed by atoms with Gasteiger partial charge in [0.15, 0.2) is 0 Å². The zero-order valence-electron chi connectivity index (χ0n) is 17.8. The smallest absolute Gasteiger partial charge is 0.255 e. The molecule has 0 aliphatic carbocycles. The number of amides is 1. The minimum atomic E-state index is -0.224. The molecule has 1 N–H and O–H groups in total. The number of methoxy groups -OCH3 is 1. The number of aryl methyl sites for hydroxylation is 2. The van der Waals surface area contributed by atoms with E-state index in [4.69, 9.17) is 14.2 Å². The maximum Gasteiger partial charge on any atom is 0.255 e. The first-order valence-electron chi connectivity index (χ1n) is 9.91. The van der Waals surface area contributed by atoms with Gasteiger partial charge in [-0.3, -0.25) is 4.79 Å². The van der Waals surface area contributed by atoms with Gasteiger partial charge in [0.25, 0.3) is 5.91 Å². The van der Waals surface area contributed by atoms with Crippen LogP contribution in [0.5, 0.6) is 17.2 Å². The number of nitrogens with one attached hydrogen (secondary N) is 1. The van der Waals surface area contributed by atoms with Crippen molar-refractivity contribution in [3.63, 3.8) is 0 Å². The Morgan fingerprint density at radius 1 is 0.867 bits per heavy atom. The third-order valence-corrected chi connectivity index (χ3v) is 4.64. The molecule has 30 heavy (non-hydrogen) atoms. The first kappa shape index (κ1) is 21.2. The minimum Gasteiger partial charge on any atom is -0.495 e. The van der Waals surface area contributed by atoms with Gasteiger partial charge >= 0.3 is 0 Å². The van der Waals surface area contributed by atoms with E-state index in [9.17, 15) is 4.79 Å². The van der Waals surface area contributed by atoms with Gasteiger partial charge in [0.2, 0.25) is 0 Å². The Morgan fingerprint density at radius 3 is 2.27 bits per heavy atom. The molecule has 3 rings (SSSR count). The second kappa shape index (κ2) is 9.83. The maximum absolute atomic E-state index is 12.9. The lowest BCUT2D eigenvalue weighted by molar-refractivity contribution is 0.102. The van der Waals surface area contributed by atoms with Crippen LogP contribution in [0.1, 0.15) is 34.0 Å². The monoisotopic (exact) mass is 405 g/mol. The summed E-state index contributed by atoms with van der Waals surface area (Å²) in [5.41, 5.74) is 4.16. The van der Waals surface area contributed by atoms with Gasteiger partial charge < -0.3 is 19.5 Å². The van der Waals surface area contributed by atoms with Crippen molar-refractivity contribution >= 4 is 11.6 Å². The predicted molar refractivity (Wildman–Crippen MR) is 119 cm³/mol. The zero-order valence-corrected chi connectivity index (χ0v) is 17.8. The summed E-state index contributed by atoms with van der Waals surface area (Å²) in [6.07, 6.45) is 0. The average Bonchev–Trinajstić information content (AvgIpc) is 2.74. The Labute approximate surface area is 177 Å². The number of rotatable bonds is 8. The molecule has 5 heteroatoms. The van der Waals surface area contributed by atoms with Crippen LogP contribution in [0.4, 0.5) is 5.69 Å². The molecule has 0 unspecified atom stereocenters. The number of ether oxygens (including phenoxy) is 3. The summed E-state index contributed by atoms with van der Waals surface area (Å²) >= 11 is 0. The number of anilines is 1. The van der Waals surface area contributed by atoms with Crippen molar-refractivity contribution in [3.8, 4) is 17.2 Å². The molecule has 0 fully saturated rings. The number of benzene rings is 3. The summed E-state index contributed by atoms with van der Waals surface area (Å²) < 4.78 is 17.0. The summed E-state index contributed by atoms with van der Waals surface area (Å²) in [4.78, 5) is 12.9. The van der Waals surface area contributed by atoms with Crippen LogP contribution in [0.25, 0.3) is 0 Å². The van der Waals surface area contributed by atoms with Crippen LogP contribution in [0.2, 0.25) is 0 Å². The average molecular weight is 405 g/mol. The third-order valence-electron chi connectivity index (χ3n) is 4.64. The molecule has 0 atom stereocenters. The second-order valence-corrected chi connectivity index (χ2v) is 7.02. The summed E-state index contributed by atoms with van der Waals surface area (Å²) in [5, 5.41) is 2.93. The lowest BCUT2D eigenvalue weighted by Crippen LogP contribution is -2.14. The van der Waals surface area contributed by atoms with Crippen LogP contribution in [0, 0.1) is 13.8 Å². The van der Waals surface area contributed by atoms with E-state index in [2.05, 4.69) is 5.32 Å². The Hall–Kier alpha value is -3.47. The van der Waals surface area contributed by atoms with Crippen LogP contribution in [-0.4, -0.2) is 19.6 Å². The molecule has 0 aliphatic rings. The van der Waals surface area contributed by atoms with Crippen molar-refractivity contribution in [2.75, 3.05) is 19.0 Å². The molecule has 0 heterocycles. The molecule has 1 amide bonds. The molecule has 0 aromatic heterocycles. The normalized spacial score (nSPS) is 10.4. The van der Waals surface area contributed by atoms with Crippen molar-refractivity contribution in [3.05, 3.63) is 82.9 Å². The molecular weight excluding hydrogens is 378 g/mol. The van der Waals surface area contributed by atoms with Crippen LogP contribution < -0.4 is 19.5 Å². The van der Waals surface area contributed by atoms with E-state index in [-0.39, 0.29) is 5.91 Å². The quantitative estimate of drug-likeness (QED) is 0.534. The molecule has 3 aromatic rings. The first-order chi connectivity index (χ1) is 14.5. The van der Waals surface area contributed by atoms with Crippen LogP contribution >= 0.6 is 0 Å². The highest BCUT2D eigenvalue weighted by Gasteiger charge is 2.14. The minimum absolute atomic E-state index is 0.224. The second-order valence-electron chi connectivity index (χ2n) is 7.02. The van der Waals surface area contributed by atoms with Crippen molar-refractivity contribution in [2.24, 2.45) is 0 Å². The highest BCUT2D eigenvalue weighted by molar-refractivity contribution is 6.05. The predicted octanol–water partition coefficient (Wildman–Crippen LogP) is 5.54. The number of carbonyl (C=O) groups excluding carboxylic acids is 1. The molecular formula is C25H27NO4. The molecule has 3 aromatic carbocycles. The van der Waals surface area contributed by atoms with Gasteiger partial charge in [0, 0.05) is 11.1 Å². The van der Waals surface area contributed by atoms with Crippen molar-refractivity contribution in [2.45, 2.75) is 27.4 Å². The van der Waals surface area contributed by atoms with E-state index in [1.807, 2.05) is 63.2 Å². The Bertz CT molecular complexity index is 1010. The molecule has 0 saturated carbocycles. The fraction of sp³-hybridized carbons (Fsp3) is 0.240. The van der Waals surface area contributed by atoms with E-state index < -0.39 is 0 Å². The van der Waals surface area contributed by atoms with E-state index in [1.165, 1.54) is 5.56 Å². The molecule has 0 saturated heterocycles. The fourth-order valence-corrected chi connectivity index (χ4v) is 3.04. The van der Waals surface area contributed by atoms with Crippen molar-refractivity contribution < 1.29 is 19.0 Å². The maximum atomic E-state index is 12.9. The van der Waals surface area contributed by atoms with Gasteiger partial charge in [-0.05, 0) is 68.8 Å². The van der Waals surface area contributed by atoms with Gasteiger partial charge in [-0.2, -0.15) is 0 Å². The fourth-order valence-electron chi connectivity index (χ4n) is 3.04. The van der Waals surface area contributed by atoms with Crippen molar-refractivity contribution in [1.82, 2.24) is 0 Å². The molecule has 156 valence electrons. The highest BCUT2D eigenvalue weighted by atomic mass is 16.5. The SMILES string of the molecule is CCOc1ccc(C(=O)Nc2cc(C)ccc2OC)cc1COc1ccc(C)cc1. The summed E-state index contributed by atoms with van der Waals surface area (Å²) in [7, 11) is 1.58. The zero-order chi connectivity index (χ0) is 21.5. The summed E-state index contributed by atoms with van der Waals surface area (Å²) in [6.45, 7) is 6.75. The van der Waals surface area contributed by atoms with E-state index in [0.717, 1.165) is 16.9 Å². The Balaban J connectivity index is 1.81. The number of hydrogen-bond donors (Lipinski definition) is 1. The Kier molecular flexibility index (Phi) is 6.96. The lowest BCUT2D eigenvalue weighted by atomic mass is 10.1. The van der Waals surface area contributed by atoms with Gasteiger partial charge in [0.1, 0.15) is 23.9 Å². The van der Waals surface area contributed by atoms with E-state index >= 15 is 0 Å². The highest BCUT2D eigenvalue weighted by Crippen LogP contribution is 2.27. The van der Waals surface area contributed by atoms with E-state index in [0.29, 0.717) is 36.0 Å². The molecule has 0 bridgehead atoms. The van der Waals surface area contributed by atoms with Crippen LogP contribution in [-0.2, 0) is 6.61 Å². The van der Waals surface area contributed by atoms with Crippen molar-refractivity contribution in [1.29, 1.82) is 0 Å². The standard InChI is InChI=1S/C25H27NO4/c1-5-29-23-13-9-19(15-20(23)16-30-21-10-6-17(2)7-11-21)25(27)26-22-14-18(3)8-12-24(22)28-4/h6-15H,5,16H2,1-4H3,(H,26,27). The van der Waals surface area contributed by atoms with E-state index in [1.54, 1.807) is 25.3 Å². The van der Waals surface area contributed by atoms with Crippen LogP contribution in [0.15, 0.2) is 60.7 Å². The van der Waals surface area contributed by atoms with Gasteiger partial charge in [-0.1, -0.05) is 23.8 Å². The van der Waals surface area contributed by atoms with Gasteiger partial charge in [0.05, 0.1) is 19.4 Å². The molecule has 0 aliphatic heterocycles. The van der Waals surface area contributed by atoms with Gasteiger partial charge in [-0.25, -0.2) is 0 Å². The largest absolute Gasteiger partial charge is 0.495 e. The molecule has 0 radical (unpaired) electrons. The summed E-state index contributed by atoms with van der Waals surface area (Å²) in [5.74, 6) is 1.86. The Morgan fingerprint density at radius 2 is 1.57 bits per heavy atom. The summed E-state index contributed by atoms with van der Waals surface area (Å²) in [6, 6.07) is 18.9. The molecule has 0 spiro atoms. The lowest BCUT2D eigenvalue weighted by Gasteiger charge is -2.14. The topological polar surface area (TPSA) is 56.8 Å². The first-order valence-corrected chi connectivity index (χ1v) is 9.91. The van der Waals surface area contributed by atoms with Gasteiger partial charge in [-0.15, -0.1) is 0 Å². The van der Waals surface area contributed by atoms with Crippen LogP contribution in [0.3, 0.4) is 0 Å².